The lowest BCUT2D eigenvalue weighted by Gasteiger charge is -2.23. The van der Waals surface area contributed by atoms with Gasteiger partial charge < -0.3 is 5.32 Å². The molecule has 1 aliphatic rings. The predicted octanol–water partition coefficient (Wildman–Crippen LogP) is 2.72. The van der Waals surface area contributed by atoms with Gasteiger partial charge >= 0.3 is 0 Å². The fraction of sp³-hybridized carbons (Fsp3) is 0.556. The minimum Gasteiger partial charge on any atom is -0.380 e. The van der Waals surface area contributed by atoms with Gasteiger partial charge in [-0.25, -0.2) is 0 Å². The van der Waals surface area contributed by atoms with Crippen molar-refractivity contribution in [2.75, 3.05) is 16.8 Å². The van der Waals surface area contributed by atoms with Crippen molar-refractivity contribution in [1.82, 2.24) is 0 Å². The van der Waals surface area contributed by atoms with Crippen molar-refractivity contribution < 1.29 is 4.21 Å². The molecule has 0 bridgehead atoms. The van der Waals surface area contributed by atoms with E-state index < -0.39 is 10.8 Å². The van der Waals surface area contributed by atoms with Crippen LogP contribution in [0.1, 0.15) is 12.8 Å². The van der Waals surface area contributed by atoms with Crippen LogP contribution in [-0.4, -0.2) is 21.8 Å². The zero-order valence-electron chi connectivity index (χ0n) is 7.66. The number of thiophene rings is 1. The lowest BCUT2D eigenvalue weighted by Crippen LogP contribution is -2.29. The van der Waals surface area contributed by atoms with E-state index in [1.165, 1.54) is 11.3 Å². The second-order valence-corrected chi connectivity index (χ2v) is 6.59. The Labute approximate surface area is 95.1 Å². The number of hydrogen-bond acceptors (Lipinski definition) is 3. The molecule has 2 rings (SSSR count). The molecular formula is C9H12ClNOS2. The molecule has 1 aromatic heterocycles. The van der Waals surface area contributed by atoms with Gasteiger partial charge in [0.15, 0.2) is 0 Å². The standard InChI is InChI=1S/C9H12ClNOS2/c10-9-8(1-4-13-9)11-7-2-5-14(12)6-3-7/h1,4,7,11H,2-3,5-6H2. The topological polar surface area (TPSA) is 29.1 Å². The van der Waals surface area contributed by atoms with Gasteiger partial charge in [0.1, 0.15) is 4.34 Å². The van der Waals surface area contributed by atoms with Gasteiger partial charge in [-0.15, -0.1) is 11.3 Å². The normalized spacial score (nSPS) is 27.5. The molecule has 1 N–H and O–H groups in total. The molecule has 0 aliphatic carbocycles. The molecule has 0 amide bonds. The van der Waals surface area contributed by atoms with E-state index in [2.05, 4.69) is 5.32 Å². The SMILES string of the molecule is O=S1CCC(Nc2ccsc2Cl)CC1. The molecule has 1 saturated heterocycles. The van der Waals surface area contributed by atoms with Crippen molar-refractivity contribution in [3.63, 3.8) is 0 Å². The van der Waals surface area contributed by atoms with Gasteiger partial charge in [-0.3, -0.25) is 4.21 Å². The molecule has 2 nitrogen and oxygen atoms in total. The predicted molar refractivity (Wildman–Crippen MR) is 63.9 cm³/mol. The Hall–Kier alpha value is -0.0600. The highest BCUT2D eigenvalue weighted by Gasteiger charge is 2.18. The Morgan fingerprint density at radius 2 is 2.21 bits per heavy atom. The average Bonchev–Trinajstić information content (AvgIpc) is 2.56. The molecule has 1 aliphatic heterocycles. The van der Waals surface area contributed by atoms with Crippen LogP contribution in [0.2, 0.25) is 4.34 Å². The summed E-state index contributed by atoms with van der Waals surface area (Å²) in [5, 5.41) is 5.37. The Morgan fingerprint density at radius 1 is 1.50 bits per heavy atom. The molecule has 1 aromatic rings. The van der Waals surface area contributed by atoms with Crippen LogP contribution in [0.5, 0.6) is 0 Å². The highest BCUT2D eigenvalue weighted by atomic mass is 35.5. The maximum absolute atomic E-state index is 11.1. The summed E-state index contributed by atoms with van der Waals surface area (Å²) in [6.45, 7) is 0. The van der Waals surface area contributed by atoms with E-state index in [9.17, 15) is 4.21 Å². The van der Waals surface area contributed by atoms with Crippen LogP contribution in [0.25, 0.3) is 0 Å². The van der Waals surface area contributed by atoms with Crippen LogP contribution >= 0.6 is 22.9 Å². The first-order chi connectivity index (χ1) is 6.75. The van der Waals surface area contributed by atoms with Crippen molar-refractivity contribution >= 4 is 39.4 Å². The second kappa shape index (κ2) is 4.64. The van der Waals surface area contributed by atoms with E-state index in [0.29, 0.717) is 6.04 Å². The summed E-state index contributed by atoms with van der Waals surface area (Å²) in [6, 6.07) is 2.44. The Morgan fingerprint density at radius 3 is 2.79 bits per heavy atom. The van der Waals surface area contributed by atoms with E-state index in [-0.39, 0.29) is 0 Å². The van der Waals surface area contributed by atoms with Gasteiger partial charge in [-0.05, 0) is 24.3 Å². The lowest BCUT2D eigenvalue weighted by molar-refractivity contribution is 0.624. The Kier molecular flexibility index (Phi) is 3.47. The van der Waals surface area contributed by atoms with E-state index in [4.69, 9.17) is 11.6 Å². The maximum Gasteiger partial charge on any atom is 0.116 e. The molecule has 1 fully saturated rings. The molecular weight excluding hydrogens is 238 g/mol. The van der Waals surface area contributed by atoms with Crippen LogP contribution < -0.4 is 5.32 Å². The number of anilines is 1. The van der Waals surface area contributed by atoms with Crippen molar-refractivity contribution in [3.8, 4) is 0 Å². The summed E-state index contributed by atoms with van der Waals surface area (Å²) < 4.78 is 12.0. The summed E-state index contributed by atoms with van der Waals surface area (Å²) >= 11 is 7.52. The zero-order valence-corrected chi connectivity index (χ0v) is 10.1. The van der Waals surface area contributed by atoms with Crippen molar-refractivity contribution in [2.24, 2.45) is 0 Å². The maximum atomic E-state index is 11.1. The van der Waals surface area contributed by atoms with E-state index in [0.717, 1.165) is 34.4 Å². The number of rotatable bonds is 2. The van der Waals surface area contributed by atoms with Gasteiger partial charge in [0, 0.05) is 28.3 Å². The first-order valence-electron chi connectivity index (χ1n) is 4.60. The van der Waals surface area contributed by atoms with Gasteiger partial charge in [0.05, 0.1) is 5.69 Å². The third-order valence-corrected chi connectivity index (χ3v) is 4.92. The van der Waals surface area contributed by atoms with Gasteiger partial charge in [-0.1, -0.05) is 11.6 Å². The van der Waals surface area contributed by atoms with Crippen molar-refractivity contribution in [3.05, 3.63) is 15.8 Å². The molecule has 2 heterocycles. The second-order valence-electron chi connectivity index (χ2n) is 3.37. The summed E-state index contributed by atoms with van der Waals surface area (Å²) in [5.74, 6) is 1.64. The summed E-state index contributed by atoms with van der Waals surface area (Å²) in [6.07, 6.45) is 1.97. The van der Waals surface area contributed by atoms with Crippen molar-refractivity contribution in [2.45, 2.75) is 18.9 Å². The van der Waals surface area contributed by atoms with E-state index in [1.54, 1.807) is 0 Å². The minimum atomic E-state index is -0.585. The van der Waals surface area contributed by atoms with Crippen molar-refractivity contribution in [1.29, 1.82) is 0 Å². The molecule has 0 spiro atoms. The molecule has 0 aromatic carbocycles. The van der Waals surface area contributed by atoms with E-state index >= 15 is 0 Å². The molecule has 14 heavy (non-hydrogen) atoms. The molecule has 0 atom stereocenters. The first-order valence-corrected chi connectivity index (χ1v) is 7.35. The van der Waals surface area contributed by atoms with Gasteiger partial charge in [0.25, 0.3) is 0 Å². The highest BCUT2D eigenvalue weighted by Crippen LogP contribution is 2.29. The Balaban J connectivity index is 1.92. The smallest absolute Gasteiger partial charge is 0.116 e. The number of halogens is 1. The molecule has 5 heteroatoms. The third-order valence-electron chi connectivity index (χ3n) is 2.37. The summed E-state index contributed by atoms with van der Waals surface area (Å²) in [5.41, 5.74) is 1.02. The largest absolute Gasteiger partial charge is 0.380 e. The van der Waals surface area contributed by atoms with Crippen LogP contribution in [0.3, 0.4) is 0 Å². The molecule has 0 saturated carbocycles. The number of nitrogens with one attached hydrogen (secondary N) is 1. The Bertz CT molecular complexity index is 329. The molecule has 78 valence electrons. The highest BCUT2D eigenvalue weighted by molar-refractivity contribution is 7.85. The fourth-order valence-corrected chi connectivity index (χ4v) is 3.70. The lowest BCUT2D eigenvalue weighted by atomic mass is 10.1. The van der Waals surface area contributed by atoms with E-state index in [1.807, 2.05) is 11.4 Å². The minimum absolute atomic E-state index is 0.444. The summed E-state index contributed by atoms with van der Waals surface area (Å²) in [4.78, 5) is 0. The molecule has 0 unspecified atom stereocenters. The molecule has 0 radical (unpaired) electrons. The first kappa shape index (κ1) is 10.5. The van der Waals surface area contributed by atoms with Gasteiger partial charge in [-0.2, -0.15) is 0 Å². The fourth-order valence-electron chi connectivity index (χ4n) is 1.55. The number of hydrogen-bond donors (Lipinski definition) is 1. The third kappa shape index (κ3) is 2.49. The van der Waals surface area contributed by atoms with Crippen LogP contribution in [-0.2, 0) is 10.8 Å². The van der Waals surface area contributed by atoms with Gasteiger partial charge in [0.2, 0.25) is 0 Å². The van der Waals surface area contributed by atoms with Crippen LogP contribution in [0, 0.1) is 0 Å². The average molecular weight is 250 g/mol. The monoisotopic (exact) mass is 249 g/mol. The quantitative estimate of drug-likeness (QED) is 0.873. The summed E-state index contributed by atoms with van der Waals surface area (Å²) in [7, 11) is -0.585. The zero-order chi connectivity index (χ0) is 9.97. The van der Waals surface area contributed by atoms with Crippen LogP contribution in [0.15, 0.2) is 11.4 Å². The van der Waals surface area contributed by atoms with Crippen LogP contribution in [0.4, 0.5) is 5.69 Å².